The number of hydrogen-bond donors (Lipinski definition) is 0. The quantitative estimate of drug-likeness (QED) is 0.511. The predicted octanol–water partition coefficient (Wildman–Crippen LogP) is -1.24. The predicted molar refractivity (Wildman–Crippen MR) is 14.3 cm³/mol. The Hall–Kier alpha value is 1.27. The second kappa shape index (κ2) is 177. The molecule has 7 heteroatoms. The molecular formula is O4SbSiTi+3. The third kappa shape index (κ3) is 125. The second-order valence-corrected chi connectivity index (χ2v) is 0. The molecule has 0 aliphatic rings. The number of rotatable bonds is 0. The van der Waals surface area contributed by atoms with Crippen LogP contribution in [0.5, 0.6) is 0 Å². The van der Waals surface area contributed by atoms with Crippen LogP contribution in [0, 0.1) is 0 Å². The Balaban J connectivity index is -0.00000000267. The van der Waals surface area contributed by atoms with Gasteiger partial charge in [-0.1, -0.05) is 0 Å². The van der Waals surface area contributed by atoms with Gasteiger partial charge in [0.15, 0.2) is 0 Å². The van der Waals surface area contributed by atoms with E-state index in [2.05, 4.69) is 0 Å². The van der Waals surface area contributed by atoms with Gasteiger partial charge in [-0.2, -0.15) is 0 Å². The molecule has 4 nitrogen and oxygen atoms in total. The maximum atomic E-state index is 8.30. The molecule has 0 aromatic rings. The molecule has 34 valence electrons. The Morgan fingerprint density at radius 1 is 1.00 bits per heavy atom. The van der Waals surface area contributed by atoms with Gasteiger partial charge in [0.2, 0.25) is 0 Å². The van der Waals surface area contributed by atoms with E-state index in [-0.39, 0.29) is 32.7 Å². The Morgan fingerprint density at radius 2 is 1.00 bits per heavy atom. The van der Waals surface area contributed by atoms with Gasteiger partial charge in [-0.05, 0) is 0 Å². The SMILES string of the molecule is O=[Si+2].[O-2].[O-2].[O]=[Sb+].[Ti+4]. The van der Waals surface area contributed by atoms with Gasteiger partial charge in [0, 0.05) is 0 Å². The van der Waals surface area contributed by atoms with Gasteiger partial charge in [0.1, 0.15) is 0 Å². The summed E-state index contributed by atoms with van der Waals surface area (Å²) >= 11 is 0.500. The Bertz CT molecular complexity index is 13.7. The van der Waals surface area contributed by atoms with E-state index in [0.717, 1.165) is 0 Å². The van der Waals surface area contributed by atoms with Gasteiger partial charge in [0.25, 0.3) is 0 Å². The van der Waals surface area contributed by atoms with Crippen molar-refractivity contribution in [3.8, 4) is 0 Å². The molecule has 0 heterocycles. The summed E-state index contributed by atoms with van der Waals surface area (Å²) in [6.07, 6.45) is 0. The molecule has 0 amide bonds. The zero-order chi connectivity index (χ0) is 4.00. The van der Waals surface area contributed by atoms with Crippen LogP contribution in [-0.4, -0.2) is 33.1 Å². The largest absolute Gasteiger partial charge is 4.00 e. The van der Waals surface area contributed by atoms with Gasteiger partial charge >= 0.3 is 62.3 Å². The summed E-state index contributed by atoms with van der Waals surface area (Å²) in [6.45, 7) is 0. The monoisotopic (exact) mass is 261 g/mol. The van der Waals surface area contributed by atoms with E-state index in [1.807, 2.05) is 0 Å². The minimum atomic E-state index is 0. The third-order valence-electron chi connectivity index (χ3n) is 0. The molecule has 0 saturated heterocycles. The summed E-state index contributed by atoms with van der Waals surface area (Å²) < 4.78 is 16.4. The molecule has 0 aliphatic carbocycles. The van der Waals surface area contributed by atoms with Crippen molar-refractivity contribution >= 4 is 33.1 Å². The van der Waals surface area contributed by atoms with Gasteiger partial charge in [-0.3, -0.25) is 0 Å². The van der Waals surface area contributed by atoms with E-state index in [9.17, 15) is 0 Å². The van der Waals surface area contributed by atoms with Crippen LogP contribution in [-0.2, 0) is 40.1 Å². The summed E-state index contributed by atoms with van der Waals surface area (Å²) in [6, 6.07) is 0. The number of hydrogen-bond acceptors (Lipinski definition) is 2. The smallest absolute Gasteiger partial charge is 4.00 e. The molecule has 0 spiro atoms. The molecular weight excluding hydrogens is 262 g/mol. The van der Waals surface area contributed by atoms with Crippen molar-refractivity contribution < 1.29 is 40.1 Å². The maximum absolute atomic E-state index is 8.30. The summed E-state index contributed by atoms with van der Waals surface area (Å²) in [5, 5.41) is 0. The summed E-state index contributed by atoms with van der Waals surface area (Å²) in [5.41, 5.74) is 0. The van der Waals surface area contributed by atoms with Crippen LogP contribution in [0.15, 0.2) is 0 Å². The molecule has 0 atom stereocenters. The molecule has 0 saturated carbocycles. The van der Waals surface area contributed by atoms with Gasteiger partial charge in [-0.15, -0.1) is 0 Å². The van der Waals surface area contributed by atoms with Crippen LogP contribution in [0.2, 0.25) is 0 Å². The molecule has 0 aromatic carbocycles. The molecule has 0 fully saturated rings. The topological polar surface area (TPSA) is 91.1 Å². The fourth-order valence-corrected chi connectivity index (χ4v) is 0. The minimum absolute atomic E-state index is 0. The first-order valence-electron chi connectivity index (χ1n) is 0.387. The first-order valence-corrected chi connectivity index (χ1v) is 1.84. The summed E-state index contributed by atoms with van der Waals surface area (Å²) in [7, 11) is 1.72. The van der Waals surface area contributed by atoms with Crippen LogP contribution in [0.25, 0.3) is 0 Å². The van der Waals surface area contributed by atoms with Crippen molar-refractivity contribution in [1.29, 1.82) is 0 Å². The van der Waals surface area contributed by atoms with Crippen molar-refractivity contribution in [2.75, 3.05) is 0 Å². The standard InChI is InChI=1S/OSi.3O.Sb.Ti/c1-2;;;;;/q+2;;2*-2;+1;+4. The van der Waals surface area contributed by atoms with Crippen LogP contribution in [0.3, 0.4) is 0 Å². The first-order chi connectivity index (χ1) is 2.00. The minimum Gasteiger partial charge on any atom is 4.00 e. The fraction of sp³-hybridized carbons (Fsp3) is 0. The molecule has 0 rings (SSSR count). The Labute approximate surface area is 72.9 Å². The van der Waals surface area contributed by atoms with Crippen LogP contribution >= 0.6 is 0 Å². The average Bonchev–Trinajstić information content (AvgIpc) is 1.50. The van der Waals surface area contributed by atoms with E-state index >= 15 is 0 Å². The van der Waals surface area contributed by atoms with Crippen LogP contribution in [0.1, 0.15) is 0 Å². The molecule has 0 aliphatic heterocycles. The zero-order valence-electron chi connectivity index (χ0n) is 3.08. The molecule has 2 radical (unpaired) electrons. The fourth-order valence-electron chi connectivity index (χ4n) is 0. The van der Waals surface area contributed by atoms with Crippen molar-refractivity contribution in [2.45, 2.75) is 0 Å². The first kappa shape index (κ1) is 40.9. The molecule has 0 bridgehead atoms. The van der Waals surface area contributed by atoms with Gasteiger partial charge < -0.3 is 11.0 Å². The van der Waals surface area contributed by atoms with Crippen LogP contribution in [0.4, 0.5) is 0 Å². The van der Waals surface area contributed by atoms with Gasteiger partial charge in [-0.25, -0.2) is 0 Å². The summed E-state index contributed by atoms with van der Waals surface area (Å²) in [5.74, 6) is 0. The Kier molecular flexibility index (Phi) is 1040. The van der Waals surface area contributed by atoms with E-state index in [1.54, 1.807) is 10.1 Å². The maximum Gasteiger partial charge on any atom is 4.00 e. The molecule has 7 heavy (non-hydrogen) atoms. The Morgan fingerprint density at radius 3 is 1.00 bits per heavy atom. The van der Waals surface area contributed by atoms with Crippen molar-refractivity contribution in [1.82, 2.24) is 0 Å². The second-order valence-electron chi connectivity index (χ2n) is 0. The third-order valence-corrected chi connectivity index (χ3v) is 0. The molecule has 0 N–H and O–H groups in total. The summed E-state index contributed by atoms with van der Waals surface area (Å²) in [4.78, 5) is 0. The molecule has 0 aromatic heterocycles. The van der Waals surface area contributed by atoms with E-state index in [4.69, 9.17) is 7.48 Å². The normalized spacial score (nSPS) is 1.43. The van der Waals surface area contributed by atoms with Gasteiger partial charge in [0.05, 0.1) is 0 Å². The van der Waals surface area contributed by atoms with E-state index in [1.165, 1.54) is 0 Å². The van der Waals surface area contributed by atoms with Crippen molar-refractivity contribution in [3.63, 3.8) is 0 Å². The zero-order valence-corrected chi connectivity index (χ0v) is 8.19. The van der Waals surface area contributed by atoms with E-state index in [0.29, 0.717) is 23.0 Å². The molecule has 0 unspecified atom stereocenters. The average molecular weight is 262 g/mol. The van der Waals surface area contributed by atoms with Crippen LogP contribution < -0.4 is 0 Å². The van der Waals surface area contributed by atoms with E-state index < -0.39 is 0 Å². The van der Waals surface area contributed by atoms with Crippen molar-refractivity contribution in [2.24, 2.45) is 0 Å². The van der Waals surface area contributed by atoms with Crippen molar-refractivity contribution in [3.05, 3.63) is 0 Å².